The summed E-state index contributed by atoms with van der Waals surface area (Å²) in [7, 11) is 0. The maximum absolute atomic E-state index is 12.6. The summed E-state index contributed by atoms with van der Waals surface area (Å²) < 4.78 is 0. The van der Waals surface area contributed by atoms with E-state index in [1.54, 1.807) is 19.1 Å². The number of nitrogens with one attached hydrogen (secondary N) is 2. The van der Waals surface area contributed by atoms with Gasteiger partial charge in [0.15, 0.2) is 0 Å². The van der Waals surface area contributed by atoms with Gasteiger partial charge < -0.3 is 10.3 Å². The van der Waals surface area contributed by atoms with Crippen molar-refractivity contribution >= 4 is 40.7 Å². The van der Waals surface area contributed by atoms with E-state index in [0.717, 1.165) is 16.6 Å². The normalized spacial score (nSPS) is 10.4. The molecule has 8 heteroatoms. The van der Waals surface area contributed by atoms with Gasteiger partial charge >= 0.3 is 0 Å². The molecule has 0 atom stereocenters. The van der Waals surface area contributed by atoms with Crippen molar-refractivity contribution in [2.24, 2.45) is 0 Å². The highest BCUT2D eigenvalue weighted by Gasteiger charge is 2.18. The summed E-state index contributed by atoms with van der Waals surface area (Å²) in [4.78, 5) is 31.1. The van der Waals surface area contributed by atoms with Crippen LogP contribution in [0.3, 0.4) is 0 Å². The standard InChI is InChI=1S/C21H16N4O3.ClH/c1-13-16(8-5-11-19(13)25(27)28)21(26)22-15-7-4-6-14(12-15)20-23-17-9-2-3-10-18(17)24-20;/h2-12H,1H3,(H,22,26)(H,23,24);1H. The monoisotopic (exact) mass is 408 g/mol. The number of hydrogen-bond acceptors (Lipinski definition) is 4. The zero-order valence-corrected chi connectivity index (χ0v) is 16.2. The summed E-state index contributed by atoms with van der Waals surface area (Å²) in [6.07, 6.45) is 0. The molecule has 4 rings (SSSR count). The molecule has 0 bridgehead atoms. The molecule has 7 nitrogen and oxygen atoms in total. The molecule has 0 saturated carbocycles. The first-order valence-corrected chi connectivity index (χ1v) is 8.63. The highest BCUT2D eigenvalue weighted by molar-refractivity contribution is 6.06. The van der Waals surface area contributed by atoms with Gasteiger partial charge in [0, 0.05) is 28.4 Å². The van der Waals surface area contributed by atoms with E-state index in [9.17, 15) is 14.9 Å². The average Bonchev–Trinajstić information content (AvgIpc) is 3.12. The minimum atomic E-state index is -0.492. The van der Waals surface area contributed by atoms with Gasteiger partial charge in [-0.2, -0.15) is 0 Å². The summed E-state index contributed by atoms with van der Waals surface area (Å²) in [5, 5.41) is 13.9. The third-order valence-corrected chi connectivity index (χ3v) is 4.53. The number of halogens is 1. The molecule has 29 heavy (non-hydrogen) atoms. The van der Waals surface area contributed by atoms with Crippen LogP contribution in [0.25, 0.3) is 22.4 Å². The lowest BCUT2D eigenvalue weighted by molar-refractivity contribution is -0.385. The van der Waals surface area contributed by atoms with Crippen molar-refractivity contribution in [3.05, 3.63) is 88.0 Å². The highest BCUT2D eigenvalue weighted by Crippen LogP contribution is 2.25. The van der Waals surface area contributed by atoms with E-state index in [4.69, 9.17) is 0 Å². The van der Waals surface area contributed by atoms with Gasteiger partial charge in [0.25, 0.3) is 11.6 Å². The molecule has 1 heterocycles. The van der Waals surface area contributed by atoms with Crippen LogP contribution in [-0.4, -0.2) is 20.8 Å². The molecule has 0 saturated heterocycles. The fourth-order valence-corrected chi connectivity index (χ4v) is 3.10. The largest absolute Gasteiger partial charge is 0.338 e. The molecule has 4 aromatic rings. The molecule has 0 fully saturated rings. The van der Waals surface area contributed by atoms with E-state index in [-0.39, 0.29) is 23.7 Å². The van der Waals surface area contributed by atoms with Crippen LogP contribution in [0.1, 0.15) is 15.9 Å². The van der Waals surface area contributed by atoms with E-state index >= 15 is 0 Å². The third kappa shape index (κ3) is 3.95. The van der Waals surface area contributed by atoms with Crippen LogP contribution in [-0.2, 0) is 0 Å². The molecule has 0 aliphatic heterocycles. The van der Waals surface area contributed by atoms with Crippen molar-refractivity contribution in [3.8, 4) is 11.4 Å². The molecule has 146 valence electrons. The Balaban J connectivity index is 0.00000240. The van der Waals surface area contributed by atoms with Crippen LogP contribution in [0, 0.1) is 17.0 Å². The topological polar surface area (TPSA) is 101 Å². The number of carbonyl (C=O) groups excluding carboxylic acids is 1. The van der Waals surface area contributed by atoms with Crippen LogP contribution in [0.4, 0.5) is 11.4 Å². The number of aromatic amines is 1. The first-order chi connectivity index (χ1) is 13.5. The van der Waals surface area contributed by atoms with E-state index in [1.165, 1.54) is 12.1 Å². The molecule has 0 aliphatic rings. The minimum absolute atomic E-state index is 0. The number of para-hydroxylation sites is 2. The molecule has 0 radical (unpaired) electrons. The quantitative estimate of drug-likeness (QED) is 0.361. The Morgan fingerprint density at radius 1 is 1.07 bits per heavy atom. The summed E-state index contributed by atoms with van der Waals surface area (Å²) >= 11 is 0. The summed E-state index contributed by atoms with van der Waals surface area (Å²) in [5.41, 5.74) is 3.71. The number of benzene rings is 3. The first-order valence-electron chi connectivity index (χ1n) is 8.63. The number of fused-ring (bicyclic) bond motifs is 1. The Morgan fingerprint density at radius 2 is 1.83 bits per heavy atom. The lowest BCUT2D eigenvalue weighted by Crippen LogP contribution is -2.14. The summed E-state index contributed by atoms with van der Waals surface area (Å²) in [6, 6.07) is 19.5. The number of H-pyrrole nitrogens is 1. The fraction of sp³-hybridized carbons (Fsp3) is 0.0476. The maximum atomic E-state index is 12.6. The molecule has 1 aromatic heterocycles. The van der Waals surface area contributed by atoms with Gasteiger partial charge in [0.2, 0.25) is 0 Å². The molecule has 0 spiro atoms. The number of aromatic nitrogens is 2. The van der Waals surface area contributed by atoms with Gasteiger partial charge in [-0.25, -0.2) is 4.98 Å². The zero-order valence-electron chi connectivity index (χ0n) is 15.4. The Labute approximate surface area is 172 Å². The van der Waals surface area contributed by atoms with Crippen LogP contribution >= 0.6 is 12.4 Å². The average molecular weight is 409 g/mol. The van der Waals surface area contributed by atoms with Crippen molar-refractivity contribution in [2.45, 2.75) is 6.92 Å². The molecule has 0 aliphatic carbocycles. The number of rotatable bonds is 4. The van der Waals surface area contributed by atoms with Gasteiger partial charge in [-0.1, -0.05) is 30.3 Å². The van der Waals surface area contributed by atoms with Gasteiger partial charge in [0.1, 0.15) is 5.82 Å². The first kappa shape index (κ1) is 20.0. The second kappa shape index (κ2) is 8.12. The molecular weight excluding hydrogens is 392 g/mol. The Bertz CT molecular complexity index is 1190. The second-order valence-corrected chi connectivity index (χ2v) is 6.34. The van der Waals surface area contributed by atoms with Crippen LogP contribution in [0.2, 0.25) is 0 Å². The molecule has 1 amide bonds. The molecular formula is C21H17ClN4O3. The van der Waals surface area contributed by atoms with Gasteiger partial charge in [-0.3, -0.25) is 14.9 Å². The number of nitro groups is 1. The van der Waals surface area contributed by atoms with Gasteiger partial charge in [-0.15, -0.1) is 12.4 Å². The van der Waals surface area contributed by atoms with Crippen LogP contribution in [0.5, 0.6) is 0 Å². The number of amides is 1. The Hall–Kier alpha value is -3.71. The minimum Gasteiger partial charge on any atom is -0.338 e. The SMILES string of the molecule is Cc1c(C(=O)Nc2cccc(-c3nc4ccccc4[nH]3)c2)cccc1[N+](=O)[O-].Cl. The van der Waals surface area contributed by atoms with Crippen molar-refractivity contribution in [2.75, 3.05) is 5.32 Å². The predicted molar refractivity (Wildman–Crippen MR) is 115 cm³/mol. The maximum Gasteiger partial charge on any atom is 0.273 e. The van der Waals surface area contributed by atoms with E-state index in [2.05, 4.69) is 15.3 Å². The highest BCUT2D eigenvalue weighted by atomic mass is 35.5. The molecule has 3 aromatic carbocycles. The van der Waals surface area contributed by atoms with Crippen molar-refractivity contribution in [3.63, 3.8) is 0 Å². The Kier molecular flexibility index (Phi) is 5.61. The number of hydrogen-bond donors (Lipinski definition) is 2. The Morgan fingerprint density at radius 3 is 2.59 bits per heavy atom. The lowest BCUT2D eigenvalue weighted by atomic mass is 10.1. The third-order valence-electron chi connectivity index (χ3n) is 4.53. The number of nitrogens with zero attached hydrogens (tertiary/aromatic N) is 2. The molecule has 0 unspecified atom stereocenters. The van der Waals surface area contributed by atoms with Crippen LogP contribution in [0.15, 0.2) is 66.7 Å². The van der Waals surface area contributed by atoms with E-state index in [0.29, 0.717) is 17.1 Å². The van der Waals surface area contributed by atoms with E-state index in [1.807, 2.05) is 42.5 Å². The zero-order chi connectivity index (χ0) is 19.7. The fourth-order valence-electron chi connectivity index (χ4n) is 3.10. The second-order valence-electron chi connectivity index (χ2n) is 6.34. The smallest absolute Gasteiger partial charge is 0.273 e. The predicted octanol–water partition coefficient (Wildman–Crippen LogP) is 5.12. The number of nitro benzene ring substituents is 1. The van der Waals surface area contributed by atoms with Gasteiger partial charge in [-0.05, 0) is 37.3 Å². The van der Waals surface area contributed by atoms with E-state index < -0.39 is 10.8 Å². The lowest BCUT2D eigenvalue weighted by Gasteiger charge is -2.09. The summed E-state index contributed by atoms with van der Waals surface area (Å²) in [6.45, 7) is 1.57. The number of anilines is 1. The van der Waals surface area contributed by atoms with Crippen molar-refractivity contribution in [1.82, 2.24) is 9.97 Å². The van der Waals surface area contributed by atoms with Crippen molar-refractivity contribution < 1.29 is 9.72 Å². The van der Waals surface area contributed by atoms with Crippen LogP contribution < -0.4 is 5.32 Å². The summed E-state index contributed by atoms with van der Waals surface area (Å²) in [5.74, 6) is 0.298. The number of carbonyl (C=O) groups is 1. The van der Waals surface area contributed by atoms with Crippen molar-refractivity contribution in [1.29, 1.82) is 0 Å². The van der Waals surface area contributed by atoms with Gasteiger partial charge in [0.05, 0.1) is 16.0 Å². The number of imidazole rings is 1. The molecule has 2 N–H and O–H groups in total.